The van der Waals surface area contributed by atoms with Crippen LogP contribution in [-0.4, -0.2) is 15.0 Å². The largest absolute Gasteiger partial charge is 0.345 e. The monoisotopic (exact) mass is 209 g/mol. The summed E-state index contributed by atoms with van der Waals surface area (Å²) in [6.45, 7) is 0. The second kappa shape index (κ2) is 3.77. The molecule has 0 saturated heterocycles. The van der Waals surface area contributed by atoms with E-state index in [9.17, 15) is 0 Å². The highest BCUT2D eigenvalue weighted by molar-refractivity contribution is 5.75. The lowest BCUT2D eigenvalue weighted by molar-refractivity contribution is 1.15. The Kier molecular flexibility index (Phi) is 2.14. The number of rotatable bonds is 2. The van der Waals surface area contributed by atoms with Crippen molar-refractivity contribution in [2.45, 2.75) is 6.42 Å². The van der Waals surface area contributed by atoms with Gasteiger partial charge in [-0.1, -0.05) is 12.1 Å². The van der Waals surface area contributed by atoms with E-state index in [1.807, 2.05) is 18.3 Å². The van der Waals surface area contributed by atoms with Gasteiger partial charge in [0.15, 0.2) is 0 Å². The summed E-state index contributed by atoms with van der Waals surface area (Å²) in [5, 5.41) is 0. The molecule has 0 spiro atoms. The molecule has 0 atom stereocenters. The maximum absolute atomic E-state index is 4.20. The first kappa shape index (κ1) is 9.09. The van der Waals surface area contributed by atoms with Crippen LogP contribution in [0.25, 0.3) is 11.0 Å². The number of hydrogen-bond donors (Lipinski definition) is 1. The Morgan fingerprint density at radius 2 is 2.12 bits per heavy atom. The van der Waals surface area contributed by atoms with Crippen LogP contribution in [0.5, 0.6) is 0 Å². The van der Waals surface area contributed by atoms with E-state index >= 15 is 0 Å². The average Bonchev–Trinajstić information content (AvgIpc) is 2.77. The van der Waals surface area contributed by atoms with Gasteiger partial charge >= 0.3 is 0 Å². The number of aromatic nitrogens is 3. The van der Waals surface area contributed by atoms with Crippen molar-refractivity contribution in [3.8, 4) is 0 Å². The molecule has 78 valence electrons. The van der Waals surface area contributed by atoms with Gasteiger partial charge in [-0.15, -0.1) is 0 Å². The molecule has 0 saturated carbocycles. The fourth-order valence-electron chi connectivity index (χ4n) is 1.83. The molecule has 3 rings (SSSR count). The Morgan fingerprint density at radius 1 is 1.12 bits per heavy atom. The maximum Gasteiger partial charge on any atom is 0.0931 e. The van der Waals surface area contributed by atoms with Crippen molar-refractivity contribution in [2.75, 3.05) is 0 Å². The fourth-order valence-corrected chi connectivity index (χ4v) is 1.83. The van der Waals surface area contributed by atoms with Crippen LogP contribution in [0.2, 0.25) is 0 Å². The highest BCUT2D eigenvalue weighted by atomic mass is 14.9. The number of aromatic amines is 1. The molecular formula is C13H11N3. The third-order valence-electron chi connectivity index (χ3n) is 2.62. The second-order valence-electron chi connectivity index (χ2n) is 3.79. The molecule has 0 aliphatic heterocycles. The van der Waals surface area contributed by atoms with E-state index in [0.29, 0.717) is 0 Å². The molecule has 0 aliphatic carbocycles. The quantitative estimate of drug-likeness (QED) is 0.704. The average molecular weight is 209 g/mol. The molecule has 1 N–H and O–H groups in total. The Balaban J connectivity index is 1.94. The van der Waals surface area contributed by atoms with Crippen molar-refractivity contribution >= 4 is 11.0 Å². The minimum Gasteiger partial charge on any atom is -0.345 e. The number of H-pyrrole nitrogens is 1. The Bertz CT molecular complexity index is 599. The van der Waals surface area contributed by atoms with E-state index in [1.165, 1.54) is 11.1 Å². The number of hydrogen-bond acceptors (Lipinski definition) is 2. The summed E-state index contributed by atoms with van der Waals surface area (Å²) in [6.07, 6.45) is 6.32. The number of benzene rings is 1. The zero-order valence-corrected chi connectivity index (χ0v) is 8.72. The fraction of sp³-hybridized carbons (Fsp3) is 0.0769. The lowest BCUT2D eigenvalue weighted by atomic mass is 10.1. The van der Waals surface area contributed by atoms with Crippen molar-refractivity contribution in [2.24, 2.45) is 0 Å². The van der Waals surface area contributed by atoms with Crippen molar-refractivity contribution in [3.63, 3.8) is 0 Å². The van der Waals surface area contributed by atoms with Crippen LogP contribution in [0, 0.1) is 0 Å². The lowest BCUT2D eigenvalue weighted by Crippen LogP contribution is -1.88. The Morgan fingerprint density at radius 3 is 3.00 bits per heavy atom. The van der Waals surface area contributed by atoms with Crippen LogP contribution >= 0.6 is 0 Å². The third-order valence-corrected chi connectivity index (χ3v) is 2.62. The first-order chi connectivity index (χ1) is 7.92. The number of imidazole rings is 1. The van der Waals surface area contributed by atoms with Gasteiger partial charge in [0, 0.05) is 12.4 Å². The summed E-state index contributed by atoms with van der Waals surface area (Å²) in [6, 6.07) is 10.3. The molecule has 16 heavy (non-hydrogen) atoms. The third kappa shape index (κ3) is 1.67. The molecule has 2 heterocycles. The van der Waals surface area contributed by atoms with Gasteiger partial charge in [-0.05, 0) is 35.7 Å². The predicted octanol–water partition coefficient (Wildman–Crippen LogP) is 2.55. The van der Waals surface area contributed by atoms with E-state index in [1.54, 1.807) is 12.5 Å². The van der Waals surface area contributed by atoms with Gasteiger partial charge in [-0.25, -0.2) is 4.98 Å². The molecule has 0 amide bonds. The molecule has 3 aromatic rings. The summed E-state index contributed by atoms with van der Waals surface area (Å²) in [5.41, 5.74) is 4.59. The molecule has 1 aromatic carbocycles. The lowest BCUT2D eigenvalue weighted by Gasteiger charge is -2.00. The van der Waals surface area contributed by atoms with E-state index in [4.69, 9.17) is 0 Å². The summed E-state index contributed by atoms with van der Waals surface area (Å²) in [7, 11) is 0. The standard InChI is InChI=1S/C13H11N3/c1-2-11(8-14-5-1)6-10-3-4-12-13(7-10)16-9-15-12/h1-5,7-9H,6H2,(H,15,16). The van der Waals surface area contributed by atoms with Gasteiger partial charge in [-0.2, -0.15) is 0 Å². The van der Waals surface area contributed by atoms with Gasteiger partial charge in [0.1, 0.15) is 0 Å². The normalized spacial score (nSPS) is 10.8. The number of nitrogens with one attached hydrogen (secondary N) is 1. The molecule has 3 nitrogen and oxygen atoms in total. The molecule has 0 bridgehead atoms. The number of fused-ring (bicyclic) bond motifs is 1. The highest BCUT2D eigenvalue weighted by Crippen LogP contribution is 2.14. The number of nitrogens with zero attached hydrogens (tertiary/aromatic N) is 2. The SMILES string of the molecule is c1cncc(Cc2ccc3nc[nH]c3c2)c1. The Hall–Kier alpha value is -2.16. The zero-order chi connectivity index (χ0) is 10.8. The first-order valence-electron chi connectivity index (χ1n) is 5.23. The second-order valence-corrected chi connectivity index (χ2v) is 3.79. The van der Waals surface area contributed by atoms with Crippen LogP contribution in [-0.2, 0) is 6.42 Å². The van der Waals surface area contributed by atoms with Gasteiger partial charge in [0.25, 0.3) is 0 Å². The molecule has 3 heteroatoms. The summed E-state index contributed by atoms with van der Waals surface area (Å²) in [4.78, 5) is 11.4. The molecule has 0 radical (unpaired) electrons. The van der Waals surface area contributed by atoms with E-state index in [2.05, 4.69) is 33.2 Å². The van der Waals surface area contributed by atoms with Crippen molar-refractivity contribution < 1.29 is 0 Å². The molecule has 2 aromatic heterocycles. The van der Waals surface area contributed by atoms with E-state index < -0.39 is 0 Å². The van der Waals surface area contributed by atoms with Gasteiger partial charge in [0.05, 0.1) is 17.4 Å². The summed E-state index contributed by atoms with van der Waals surface area (Å²) in [5.74, 6) is 0. The zero-order valence-electron chi connectivity index (χ0n) is 8.72. The van der Waals surface area contributed by atoms with Gasteiger partial charge in [0.2, 0.25) is 0 Å². The van der Waals surface area contributed by atoms with E-state index in [-0.39, 0.29) is 0 Å². The molecule has 0 fully saturated rings. The topological polar surface area (TPSA) is 41.6 Å². The molecular weight excluding hydrogens is 198 g/mol. The first-order valence-corrected chi connectivity index (χ1v) is 5.23. The number of pyridine rings is 1. The van der Waals surface area contributed by atoms with Crippen molar-refractivity contribution in [3.05, 3.63) is 60.2 Å². The van der Waals surface area contributed by atoms with Crippen molar-refractivity contribution in [1.82, 2.24) is 15.0 Å². The van der Waals surface area contributed by atoms with Crippen LogP contribution in [0.15, 0.2) is 49.1 Å². The highest BCUT2D eigenvalue weighted by Gasteiger charge is 1.99. The van der Waals surface area contributed by atoms with Crippen LogP contribution in [0.1, 0.15) is 11.1 Å². The van der Waals surface area contributed by atoms with Crippen LogP contribution in [0.3, 0.4) is 0 Å². The van der Waals surface area contributed by atoms with Gasteiger partial charge < -0.3 is 4.98 Å². The Labute approximate surface area is 93.2 Å². The predicted molar refractivity (Wildman–Crippen MR) is 63.1 cm³/mol. The van der Waals surface area contributed by atoms with Crippen LogP contribution < -0.4 is 0 Å². The van der Waals surface area contributed by atoms with E-state index in [0.717, 1.165) is 17.5 Å². The summed E-state index contributed by atoms with van der Waals surface area (Å²) >= 11 is 0. The van der Waals surface area contributed by atoms with Crippen LogP contribution in [0.4, 0.5) is 0 Å². The molecule has 0 aliphatic rings. The van der Waals surface area contributed by atoms with Gasteiger partial charge in [-0.3, -0.25) is 4.98 Å². The molecule has 0 unspecified atom stereocenters. The van der Waals surface area contributed by atoms with Crippen molar-refractivity contribution in [1.29, 1.82) is 0 Å². The maximum atomic E-state index is 4.20. The smallest absolute Gasteiger partial charge is 0.0931 e. The summed E-state index contributed by atoms with van der Waals surface area (Å²) < 4.78 is 0. The minimum atomic E-state index is 0.906. The minimum absolute atomic E-state index is 0.906.